The predicted molar refractivity (Wildman–Crippen MR) is 72.2 cm³/mol. The Bertz CT molecular complexity index is 497. The van der Waals surface area contributed by atoms with Crippen molar-refractivity contribution in [1.29, 1.82) is 0 Å². The summed E-state index contributed by atoms with van der Waals surface area (Å²) in [7, 11) is 0.961. The third-order valence-corrected chi connectivity index (χ3v) is 3.83. The number of hydrogen-bond acceptors (Lipinski definition) is 4. The van der Waals surface area contributed by atoms with E-state index in [9.17, 15) is 9.00 Å². The molecule has 1 amide bonds. The molecule has 0 fully saturated rings. The molecular weight excluding hydrogens is 252 g/mol. The van der Waals surface area contributed by atoms with Crippen LogP contribution in [0.3, 0.4) is 0 Å². The van der Waals surface area contributed by atoms with Crippen LogP contribution >= 0.6 is 0 Å². The minimum Gasteiger partial charge on any atom is -0.357 e. The molecule has 1 aromatic rings. The van der Waals surface area contributed by atoms with Crippen LogP contribution in [-0.2, 0) is 29.1 Å². The van der Waals surface area contributed by atoms with Crippen LogP contribution in [0.15, 0.2) is 0 Å². The Morgan fingerprint density at radius 1 is 1.50 bits per heavy atom. The Morgan fingerprint density at radius 3 is 2.83 bits per heavy atom. The van der Waals surface area contributed by atoms with Gasteiger partial charge in [0.15, 0.2) is 0 Å². The maximum atomic E-state index is 11.9. The van der Waals surface area contributed by atoms with Crippen molar-refractivity contribution in [3.63, 3.8) is 0 Å². The minimum atomic E-state index is -0.884. The molecule has 2 rings (SSSR count). The zero-order valence-electron chi connectivity index (χ0n) is 10.8. The Balaban J connectivity index is 2.19. The third kappa shape index (κ3) is 2.40. The summed E-state index contributed by atoms with van der Waals surface area (Å²) in [6.45, 7) is 2.00. The number of fused-ring (bicyclic) bond motifs is 1. The number of anilines is 2. The minimum absolute atomic E-state index is 0.0735. The van der Waals surface area contributed by atoms with Gasteiger partial charge in [0.25, 0.3) is 0 Å². The summed E-state index contributed by atoms with van der Waals surface area (Å²) in [5.41, 5.74) is 1.66. The molecule has 0 saturated carbocycles. The Labute approximate surface area is 109 Å². The highest BCUT2D eigenvalue weighted by Gasteiger charge is 2.29. The van der Waals surface area contributed by atoms with Crippen LogP contribution < -0.4 is 10.6 Å². The molecule has 2 atom stereocenters. The molecule has 1 aliphatic rings. The zero-order valence-corrected chi connectivity index (χ0v) is 11.6. The van der Waals surface area contributed by atoms with Crippen LogP contribution in [0, 0.1) is 0 Å². The van der Waals surface area contributed by atoms with Crippen molar-refractivity contribution in [1.82, 2.24) is 9.78 Å². The second kappa shape index (κ2) is 5.09. The van der Waals surface area contributed by atoms with Gasteiger partial charge >= 0.3 is 0 Å². The second-order valence-corrected chi connectivity index (χ2v) is 5.95. The number of aromatic nitrogens is 2. The van der Waals surface area contributed by atoms with Crippen molar-refractivity contribution in [3.8, 4) is 0 Å². The highest BCUT2D eigenvalue weighted by Crippen LogP contribution is 2.30. The van der Waals surface area contributed by atoms with E-state index in [0.29, 0.717) is 12.2 Å². The van der Waals surface area contributed by atoms with Gasteiger partial charge in [-0.3, -0.25) is 13.7 Å². The van der Waals surface area contributed by atoms with Gasteiger partial charge in [-0.2, -0.15) is 5.10 Å². The van der Waals surface area contributed by atoms with Crippen molar-refractivity contribution < 1.29 is 9.00 Å². The summed E-state index contributed by atoms with van der Waals surface area (Å²) >= 11 is 0. The van der Waals surface area contributed by atoms with Gasteiger partial charge in [-0.1, -0.05) is 6.92 Å². The molecule has 7 heteroatoms. The summed E-state index contributed by atoms with van der Waals surface area (Å²) in [4.78, 5) is 11.9. The van der Waals surface area contributed by atoms with Gasteiger partial charge in [0.2, 0.25) is 5.91 Å². The summed E-state index contributed by atoms with van der Waals surface area (Å²) in [5.74, 6) is 1.27. The molecule has 0 aromatic carbocycles. The molecule has 0 radical (unpaired) electrons. The van der Waals surface area contributed by atoms with E-state index in [1.165, 1.54) is 0 Å². The number of nitrogens with one attached hydrogen (secondary N) is 2. The molecule has 0 spiro atoms. The first kappa shape index (κ1) is 13.1. The molecule has 0 aliphatic carbocycles. The van der Waals surface area contributed by atoms with Crippen molar-refractivity contribution in [3.05, 3.63) is 5.69 Å². The molecule has 0 saturated heterocycles. The third-order valence-electron chi connectivity index (χ3n) is 3.02. The van der Waals surface area contributed by atoms with E-state index in [0.717, 1.165) is 23.6 Å². The number of nitrogens with zero attached hydrogens (tertiary/aromatic N) is 2. The van der Waals surface area contributed by atoms with Crippen LogP contribution in [-0.4, -0.2) is 37.9 Å². The van der Waals surface area contributed by atoms with E-state index in [1.807, 2.05) is 14.0 Å². The van der Waals surface area contributed by atoms with E-state index >= 15 is 0 Å². The Hall–Kier alpha value is -1.37. The molecule has 1 aliphatic heterocycles. The van der Waals surface area contributed by atoms with Crippen LogP contribution in [0.25, 0.3) is 0 Å². The molecule has 0 bridgehead atoms. The van der Waals surface area contributed by atoms with Crippen molar-refractivity contribution >= 4 is 28.2 Å². The van der Waals surface area contributed by atoms with E-state index in [-0.39, 0.29) is 11.9 Å². The zero-order chi connectivity index (χ0) is 13.3. The Morgan fingerprint density at radius 2 is 2.22 bits per heavy atom. The van der Waals surface area contributed by atoms with Gasteiger partial charge in [0.05, 0.1) is 5.69 Å². The molecule has 2 heterocycles. The molecule has 18 heavy (non-hydrogen) atoms. The summed E-state index contributed by atoms with van der Waals surface area (Å²) < 4.78 is 12.8. The molecule has 1 aromatic heterocycles. The fraction of sp³-hybridized carbons (Fsp3) is 0.636. The fourth-order valence-electron chi connectivity index (χ4n) is 2.05. The van der Waals surface area contributed by atoms with Crippen LogP contribution in [0.2, 0.25) is 0 Å². The number of aryl methyl sites for hydroxylation is 2. The molecule has 6 nitrogen and oxygen atoms in total. The standard InChI is InChI=1S/C11H18N4O2S/c1-4-7-9-10(15(2)14-7)12-8(11(16)13-9)5-6-18(3)17/h8,12H,4-6H2,1-3H3,(H,13,16). The van der Waals surface area contributed by atoms with Gasteiger partial charge in [0, 0.05) is 29.9 Å². The van der Waals surface area contributed by atoms with Crippen LogP contribution in [0.5, 0.6) is 0 Å². The molecule has 2 N–H and O–H groups in total. The Kier molecular flexibility index (Phi) is 3.70. The predicted octanol–water partition coefficient (Wildman–Crippen LogP) is 0.484. The van der Waals surface area contributed by atoms with Gasteiger partial charge in [0.1, 0.15) is 17.5 Å². The quantitative estimate of drug-likeness (QED) is 0.834. The number of rotatable bonds is 4. The topological polar surface area (TPSA) is 76.0 Å². The highest BCUT2D eigenvalue weighted by molar-refractivity contribution is 7.84. The first-order chi connectivity index (χ1) is 8.52. The van der Waals surface area contributed by atoms with Gasteiger partial charge in [-0.25, -0.2) is 0 Å². The van der Waals surface area contributed by atoms with E-state index < -0.39 is 10.8 Å². The molecular formula is C11H18N4O2S. The van der Waals surface area contributed by atoms with Crippen molar-refractivity contribution in [2.75, 3.05) is 22.6 Å². The smallest absolute Gasteiger partial charge is 0.247 e. The van der Waals surface area contributed by atoms with Crippen LogP contribution in [0.1, 0.15) is 19.0 Å². The second-order valence-electron chi connectivity index (χ2n) is 4.40. The lowest BCUT2D eigenvalue weighted by molar-refractivity contribution is -0.117. The van der Waals surface area contributed by atoms with Gasteiger partial charge < -0.3 is 10.6 Å². The maximum Gasteiger partial charge on any atom is 0.247 e. The lowest BCUT2D eigenvalue weighted by Crippen LogP contribution is -2.40. The maximum absolute atomic E-state index is 11.9. The lowest BCUT2D eigenvalue weighted by Gasteiger charge is -2.25. The first-order valence-electron chi connectivity index (χ1n) is 5.96. The summed E-state index contributed by atoms with van der Waals surface area (Å²) in [5, 5.41) is 10.4. The fourth-order valence-corrected chi connectivity index (χ4v) is 2.62. The average Bonchev–Trinajstić information content (AvgIpc) is 2.62. The number of carbonyl (C=O) groups is 1. The largest absolute Gasteiger partial charge is 0.357 e. The number of carbonyl (C=O) groups excluding carboxylic acids is 1. The first-order valence-corrected chi connectivity index (χ1v) is 7.69. The average molecular weight is 270 g/mol. The molecule has 100 valence electrons. The lowest BCUT2D eigenvalue weighted by atomic mass is 10.1. The van der Waals surface area contributed by atoms with Crippen molar-refractivity contribution in [2.45, 2.75) is 25.8 Å². The number of amides is 1. The van der Waals surface area contributed by atoms with E-state index in [2.05, 4.69) is 15.7 Å². The van der Waals surface area contributed by atoms with Gasteiger partial charge in [-0.15, -0.1) is 0 Å². The van der Waals surface area contributed by atoms with Gasteiger partial charge in [-0.05, 0) is 12.8 Å². The van der Waals surface area contributed by atoms with E-state index in [4.69, 9.17) is 0 Å². The van der Waals surface area contributed by atoms with Crippen molar-refractivity contribution in [2.24, 2.45) is 7.05 Å². The van der Waals surface area contributed by atoms with Crippen LogP contribution in [0.4, 0.5) is 11.5 Å². The summed E-state index contributed by atoms with van der Waals surface area (Å²) in [6, 6.07) is -0.332. The summed E-state index contributed by atoms with van der Waals surface area (Å²) in [6.07, 6.45) is 2.97. The number of hydrogen-bond donors (Lipinski definition) is 2. The SMILES string of the molecule is CCc1nn(C)c2c1NC(=O)C(CCS(C)=O)N2. The molecule has 2 unspecified atom stereocenters. The normalized spacial score (nSPS) is 19.9. The highest BCUT2D eigenvalue weighted by atomic mass is 32.2. The van der Waals surface area contributed by atoms with E-state index in [1.54, 1.807) is 10.9 Å². The monoisotopic (exact) mass is 270 g/mol.